The molecule has 0 aliphatic heterocycles. The number of unbranched alkanes of at least 4 members (excludes halogenated alkanes) is 8. The third-order valence-electron chi connectivity index (χ3n) is 7.61. The summed E-state index contributed by atoms with van der Waals surface area (Å²) in [7, 11) is 0. The Kier molecular flexibility index (Phi) is 12.2. The number of carbonyl (C=O) groups is 1. The topological polar surface area (TPSA) is 35.5 Å². The number of ether oxygens (including phenoxy) is 2. The fourth-order valence-corrected chi connectivity index (χ4v) is 5.62. The van der Waals surface area contributed by atoms with Crippen molar-refractivity contribution in [3.63, 3.8) is 0 Å². The minimum absolute atomic E-state index is 0.00413. The van der Waals surface area contributed by atoms with Crippen molar-refractivity contribution in [1.29, 1.82) is 0 Å². The number of esters is 1. The zero-order valence-corrected chi connectivity index (χ0v) is 21.2. The highest BCUT2D eigenvalue weighted by Crippen LogP contribution is 2.37. The lowest BCUT2D eigenvalue weighted by atomic mass is 9.81. The van der Waals surface area contributed by atoms with Crippen LogP contribution in [0.15, 0.2) is 24.3 Å². The van der Waals surface area contributed by atoms with Gasteiger partial charge in [0, 0.05) is 12.3 Å². The van der Waals surface area contributed by atoms with Crippen molar-refractivity contribution >= 4 is 5.97 Å². The van der Waals surface area contributed by atoms with Crippen LogP contribution in [0.3, 0.4) is 0 Å². The maximum absolute atomic E-state index is 12.6. The first-order chi connectivity index (χ1) is 16.3. The number of rotatable bonds is 14. The first-order valence-corrected chi connectivity index (χ1v) is 14.2. The van der Waals surface area contributed by atoms with Crippen LogP contribution in [0.4, 0.5) is 0 Å². The van der Waals surface area contributed by atoms with Gasteiger partial charge >= 0.3 is 5.97 Å². The minimum Gasteiger partial charge on any atom is -0.490 e. The predicted molar refractivity (Wildman–Crippen MR) is 137 cm³/mol. The van der Waals surface area contributed by atoms with Crippen LogP contribution in [-0.2, 0) is 9.53 Å². The van der Waals surface area contributed by atoms with E-state index in [9.17, 15) is 4.79 Å². The molecule has 1 aromatic rings. The second-order valence-electron chi connectivity index (χ2n) is 10.4. The van der Waals surface area contributed by atoms with E-state index in [2.05, 4.69) is 31.2 Å². The van der Waals surface area contributed by atoms with Crippen molar-refractivity contribution in [2.75, 3.05) is 0 Å². The van der Waals surface area contributed by atoms with Crippen LogP contribution in [0.1, 0.15) is 140 Å². The Morgan fingerprint density at radius 1 is 0.818 bits per heavy atom. The van der Waals surface area contributed by atoms with Crippen molar-refractivity contribution in [1.82, 2.24) is 0 Å². The summed E-state index contributed by atoms with van der Waals surface area (Å²) in [6.45, 7) is 2.26. The summed E-state index contributed by atoms with van der Waals surface area (Å²) in [5, 5.41) is 0. The normalized spacial score (nSPS) is 21.6. The maximum Gasteiger partial charge on any atom is 0.306 e. The first-order valence-electron chi connectivity index (χ1n) is 14.2. The second kappa shape index (κ2) is 15.4. The van der Waals surface area contributed by atoms with E-state index in [1.165, 1.54) is 89.0 Å². The van der Waals surface area contributed by atoms with Crippen LogP contribution in [-0.4, -0.2) is 18.2 Å². The Morgan fingerprint density at radius 3 is 2.24 bits per heavy atom. The molecule has 2 saturated carbocycles. The van der Waals surface area contributed by atoms with E-state index in [0.29, 0.717) is 18.4 Å². The lowest BCUT2D eigenvalue weighted by Gasteiger charge is -2.32. The van der Waals surface area contributed by atoms with Crippen molar-refractivity contribution in [2.24, 2.45) is 0 Å². The Balaban J connectivity index is 1.40. The molecule has 0 aromatic heterocycles. The Hall–Kier alpha value is -1.51. The average Bonchev–Trinajstić information content (AvgIpc) is 2.84. The van der Waals surface area contributed by atoms with Gasteiger partial charge in [-0.15, -0.1) is 0 Å². The molecule has 0 heterocycles. The molecule has 0 bridgehead atoms. The molecule has 2 atom stereocenters. The summed E-state index contributed by atoms with van der Waals surface area (Å²) in [6, 6.07) is 8.62. The molecule has 2 fully saturated rings. The van der Waals surface area contributed by atoms with Crippen molar-refractivity contribution in [3.05, 3.63) is 29.8 Å². The lowest BCUT2D eigenvalue weighted by molar-refractivity contribution is -0.151. The van der Waals surface area contributed by atoms with Crippen LogP contribution < -0.4 is 4.74 Å². The van der Waals surface area contributed by atoms with E-state index in [4.69, 9.17) is 9.47 Å². The third kappa shape index (κ3) is 9.71. The van der Waals surface area contributed by atoms with Crippen molar-refractivity contribution in [2.45, 2.75) is 147 Å². The summed E-state index contributed by atoms with van der Waals surface area (Å²) in [4.78, 5) is 12.6. The molecule has 3 nitrogen and oxygen atoms in total. The van der Waals surface area contributed by atoms with E-state index in [0.717, 1.165) is 37.9 Å². The third-order valence-corrected chi connectivity index (χ3v) is 7.61. The number of carbonyl (C=O) groups excluding carboxylic acids is 1. The fraction of sp³-hybridized carbons (Fsp3) is 0.767. The molecule has 3 heteroatoms. The molecule has 3 rings (SSSR count). The van der Waals surface area contributed by atoms with Gasteiger partial charge in [0.2, 0.25) is 0 Å². The summed E-state index contributed by atoms with van der Waals surface area (Å²) in [5.41, 5.74) is 1.28. The van der Waals surface area contributed by atoms with Gasteiger partial charge in [-0.05, 0) is 69.1 Å². The van der Waals surface area contributed by atoms with Crippen LogP contribution in [0.5, 0.6) is 5.75 Å². The van der Waals surface area contributed by atoms with Crippen LogP contribution in [0.2, 0.25) is 0 Å². The van der Waals surface area contributed by atoms with Gasteiger partial charge in [0.15, 0.2) is 0 Å². The highest BCUT2D eigenvalue weighted by Gasteiger charge is 2.30. The molecule has 0 saturated heterocycles. The van der Waals surface area contributed by atoms with E-state index >= 15 is 0 Å². The van der Waals surface area contributed by atoms with Gasteiger partial charge < -0.3 is 9.47 Å². The molecule has 2 aliphatic rings. The highest BCUT2D eigenvalue weighted by molar-refractivity contribution is 5.69. The highest BCUT2D eigenvalue weighted by atomic mass is 16.5. The zero-order valence-electron chi connectivity index (χ0n) is 21.2. The van der Waals surface area contributed by atoms with Crippen LogP contribution >= 0.6 is 0 Å². The van der Waals surface area contributed by atoms with Gasteiger partial charge in [-0.2, -0.15) is 0 Å². The smallest absolute Gasteiger partial charge is 0.306 e. The summed E-state index contributed by atoms with van der Waals surface area (Å²) >= 11 is 0. The molecule has 0 amide bonds. The Labute approximate surface area is 203 Å². The van der Waals surface area contributed by atoms with E-state index in [1.54, 1.807) is 0 Å². The molecule has 1 aromatic carbocycles. The molecule has 0 radical (unpaired) electrons. The van der Waals surface area contributed by atoms with Gasteiger partial charge in [0.05, 0.1) is 6.10 Å². The SMILES string of the molecule is CCCCCCCCCCCC(=O)O[C@@H]1CCCC[C@H]1c1cccc(OC2CCCCC2)c1. The quantitative estimate of drug-likeness (QED) is 0.207. The molecule has 0 spiro atoms. The van der Waals surface area contributed by atoms with Gasteiger partial charge in [0.1, 0.15) is 11.9 Å². The largest absolute Gasteiger partial charge is 0.490 e. The lowest BCUT2D eigenvalue weighted by Crippen LogP contribution is -2.28. The summed E-state index contributed by atoms with van der Waals surface area (Å²) in [6.07, 6.45) is 23.1. The standard InChI is InChI=1S/C30H48O3/c1-2-3-4-5-6-7-8-9-13-23-30(31)33-29-22-15-14-21-28(29)25-17-16-20-27(24-25)32-26-18-11-10-12-19-26/h16-17,20,24,26,28-29H,2-15,18-19,21-23H2,1H3/t28-,29+/m0/s1. The first kappa shape index (κ1) is 26.1. The molecule has 0 N–H and O–H groups in total. The minimum atomic E-state index is 0.00413. The molecular formula is C30H48O3. The predicted octanol–water partition coefficient (Wildman–Crippen LogP) is 8.89. The molecule has 33 heavy (non-hydrogen) atoms. The molecule has 0 unspecified atom stereocenters. The molecule has 2 aliphatic carbocycles. The van der Waals surface area contributed by atoms with Crippen LogP contribution in [0.25, 0.3) is 0 Å². The number of benzene rings is 1. The van der Waals surface area contributed by atoms with E-state index < -0.39 is 0 Å². The van der Waals surface area contributed by atoms with Crippen molar-refractivity contribution < 1.29 is 14.3 Å². The van der Waals surface area contributed by atoms with Gasteiger partial charge in [-0.25, -0.2) is 0 Å². The summed E-state index contributed by atoms with van der Waals surface area (Å²) in [5.74, 6) is 1.30. The van der Waals surface area contributed by atoms with Crippen LogP contribution in [0, 0.1) is 0 Å². The van der Waals surface area contributed by atoms with Gasteiger partial charge in [0.25, 0.3) is 0 Å². The van der Waals surface area contributed by atoms with E-state index in [1.807, 2.05) is 0 Å². The molecular weight excluding hydrogens is 408 g/mol. The number of hydrogen-bond donors (Lipinski definition) is 0. The van der Waals surface area contributed by atoms with Gasteiger partial charge in [-0.1, -0.05) is 83.3 Å². The monoisotopic (exact) mass is 456 g/mol. The zero-order chi connectivity index (χ0) is 23.1. The maximum atomic E-state index is 12.6. The number of hydrogen-bond acceptors (Lipinski definition) is 3. The summed E-state index contributed by atoms with van der Waals surface area (Å²) < 4.78 is 12.3. The Bertz CT molecular complexity index is 664. The van der Waals surface area contributed by atoms with Crippen molar-refractivity contribution in [3.8, 4) is 5.75 Å². The van der Waals surface area contributed by atoms with E-state index in [-0.39, 0.29) is 12.1 Å². The fourth-order valence-electron chi connectivity index (χ4n) is 5.62. The average molecular weight is 457 g/mol. The Morgan fingerprint density at radius 2 is 1.48 bits per heavy atom. The second-order valence-corrected chi connectivity index (χ2v) is 10.4. The molecule has 186 valence electrons. The van der Waals surface area contributed by atoms with Gasteiger partial charge in [-0.3, -0.25) is 4.79 Å².